The number of carbonyl (C=O) groups excluding carboxylic acids is 1. The summed E-state index contributed by atoms with van der Waals surface area (Å²) in [6.45, 7) is 0. The second-order valence-corrected chi connectivity index (χ2v) is 7.87. The molecule has 2 fully saturated rings. The number of hydrogen-bond donors (Lipinski definition) is 1. The van der Waals surface area contributed by atoms with Gasteiger partial charge < -0.3 is 4.90 Å². The zero-order chi connectivity index (χ0) is 19.1. The van der Waals surface area contributed by atoms with Gasteiger partial charge in [0.1, 0.15) is 5.82 Å². The molecular weight excluding hydrogens is 353 g/mol. The monoisotopic (exact) mass is 375 g/mol. The first kappa shape index (κ1) is 17.2. The molecule has 0 spiro atoms. The van der Waals surface area contributed by atoms with Crippen molar-refractivity contribution >= 4 is 5.91 Å². The van der Waals surface area contributed by atoms with E-state index in [9.17, 15) is 9.18 Å². The molecule has 0 saturated carbocycles. The summed E-state index contributed by atoms with van der Waals surface area (Å²) in [5.74, 6) is 0.321. The number of nitrogens with one attached hydrogen (secondary N) is 1. The maximum atomic E-state index is 13.3. The van der Waals surface area contributed by atoms with Gasteiger partial charge in [-0.1, -0.05) is 24.3 Å². The highest BCUT2D eigenvalue weighted by molar-refractivity contribution is 5.96. The van der Waals surface area contributed by atoms with Gasteiger partial charge in [0.25, 0.3) is 5.91 Å². The van der Waals surface area contributed by atoms with Gasteiger partial charge in [-0.3, -0.25) is 9.89 Å². The van der Waals surface area contributed by atoms with E-state index in [1.54, 1.807) is 6.20 Å². The molecule has 1 amide bonds. The maximum Gasteiger partial charge on any atom is 0.254 e. The normalized spacial score (nSPS) is 23.8. The van der Waals surface area contributed by atoms with Gasteiger partial charge in [-0.25, -0.2) is 4.39 Å². The molecule has 1 N–H and O–H groups in total. The van der Waals surface area contributed by atoms with Crippen molar-refractivity contribution in [2.75, 3.05) is 0 Å². The molecule has 1 unspecified atom stereocenters. The van der Waals surface area contributed by atoms with Crippen LogP contribution in [0.1, 0.15) is 47.5 Å². The molecule has 2 saturated heterocycles. The number of carbonyl (C=O) groups is 1. The number of fused-ring (bicyclic) bond motifs is 2. The topological polar surface area (TPSA) is 49.0 Å². The van der Waals surface area contributed by atoms with Gasteiger partial charge in [0.05, 0.1) is 5.69 Å². The van der Waals surface area contributed by atoms with E-state index >= 15 is 0 Å². The molecule has 2 bridgehead atoms. The summed E-state index contributed by atoms with van der Waals surface area (Å²) in [5, 5.41) is 6.95. The van der Waals surface area contributed by atoms with Crippen molar-refractivity contribution in [3.63, 3.8) is 0 Å². The highest BCUT2D eigenvalue weighted by atomic mass is 19.1. The Hall–Kier alpha value is -2.95. The highest BCUT2D eigenvalue weighted by Gasteiger charge is 2.43. The van der Waals surface area contributed by atoms with Crippen LogP contribution in [0.15, 0.2) is 60.8 Å². The van der Waals surface area contributed by atoms with Crippen molar-refractivity contribution < 1.29 is 9.18 Å². The molecule has 1 aromatic heterocycles. The minimum atomic E-state index is -0.198. The first-order chi connectivity index (χ1) is 13.7. The van der Waals surface area contributed by atoms with Crippen LogP contribution >= 0.6 is 0 Å². The van der Waals surface area contributed by atoms with Crippen molar-refractivity contribution in [1.29, 1.82) is 0 Å². The molecule has 2 aliphatic heterocycles. The standard InChI is InChI=1S/C23H22FN3O/c24-19-6-4-15(5-7-19)18-13-20-8-9-21(14-18)27(20)23(28)17-3-1-2-16(12-17)22-10-11-25-26-22/h1-7,10-12,18,20-21H,8-9,13-14H2,(H,25,26)/t18?,20-,21+. The Kier molecular flexibility index (Phi) is 4.23. The van der Waals surface area contributed by atoms with E-state index in [0.29, 0.717) is 5.92 Å². The molecule has 0 radical (unpaired) electrons. The number of aromatic nitrogens is 2. The smallest absolute Gasteiger partial charge is 0.254 e. The molecule has 3 aromatic rings. The highest BCUT2D eigenvalue weighted by Crippen LogP contribution is 2.43. The van der Waals surface area contributed by atoms with Gasteiger partial charge in [-0.2, -0.15) is 5.10 Å². The Labute approximate surface area is 163 Å². The largest absolute Gasteiger partial charge is 0.333 e. The summed E-state index contributed by atoms with van der Waals surface area (Å²) in [4.78, 5) is 15.4. The van der Waals surface area contributed by atoms with E-state index in [0.717, 1.165) is 42.5 Å². The third-order valence-electron chi connectivity index (χ3n) is 6.23. The van der Waals surface area contributed by atoms with Gasteiger partial charge in [0.2, 0.25) is 0 Å². The fourth-order valence-electron chi connectivity index (χ4n) is 4.90. The number of piperidine rings is 1. The van der Waals surface area contributed by atoms with Crippen molar-refractivity contribution in [3.8, 4) is 11.3 Å². The summed E-state index contributed by atoms with van der Waals surface area (Å²) >= 11 is 0. The number of H-pyrrole nitrogens is 1. The average molecular weight is 375 g/mol. The van der Waals surface area contributed by atoms with Crippen LogP contribution in [0.4, 0.5) is 4.39 Å². The van der Waals surface area contributed by atoms with E-state index in [1.165, 1.54) is 17.7 Å². The predicted octanol–water partition coefficient (Wildman–Crippen LogP) is 4.77. The van der Waals surface area contributed by atoms with Crippen LogP contribution in [0.3, 0.4) is 0 Å². The SMILES string of the molecule is O=C(c1cccc(-c2ccn[nH]2)c1)N1[C@@H]2CC[C@H]1CC(c1ccc(F)cc1)C2. The first-order valence-corrected chi connectivity index (χ1v) is 9.87. The molecule has 2 aliphatic rings. The Bertz CT molecular complexity index is 969. The number of halogens is 1. The van der Waals surface area contributed by atoms with E-state index < -0.39 is 0 Å². The third kappa shape index (κ3) is 3.01. The summed E-state index contributed by atoms with van der Waals surface area (Å²) in [6, 6.07) is 17.0. The number of aromatic amines is 1. The Morgan fingerprint density at radius 3 is 2.46 bits per heavy atom. The summed E-state index contributed by atoms with van der Waals surface area (Å²) in [5.41, 5.74) is 3.79. The van der Waals surface area contributed by atoms with Gasteiger partial charge in [0.15, 0.2) is 0 Å². The molecule has 0 aliphatic carbocycles. The molecule has 4 nitrogen and oxygen atoms in total. The minimum absolute atomic E-state index is 0.117. The van der Waals surface area contributed by atoms with Crippen molar-refractivity contribution in [2.24, 2.45) is 0 Å². The van der Waals surface area contributed by atoms with Crippen LogP contribution in [0.25, 0.3) is 11.3 Å². The van der Waals surface area contributed by atoms with E-state index in [4.69, 9.17) is 0 Å². The van der Waals surface area contributed by atoms with Crippen LogP contribution in [0.2, 0.25) is 0 Å². The van der Waals surface area contributed by atoms with Crippen LogP contribution in [-0.4, -0.2) is 33.1 Å². The molecule has 3 atom stereocenters. The van der Waals surface area contributed by atoms with Gasteiger partial charge in [-0.15, -0.1) is 0 Å². The van der Waals surface area contributed by atoms with Crippen LogP contribution in [0.5, 0.6) is 0 Å². The van der Waals surface area contributed by atoms with Gasteiger partial charge in [-0.05, 0) is 67.5 Å². The molecule has 3 heterocycles. The fourth-order valence-corrected chi connectivity index (χ4v) is 4.90. The van der Waals surface area contributed by atoms with Gasteiger partial charge in [0, 0.05) is 29.4 Å². The molecule has 5 heteroatoms. The molecule has 5 rings (SSSR count). The van der Waals surface area contributed by atoms with E-state index in [-0.39, 0.29) is 23.8 Å². The number of benzene rings is 2. The number of nitrogens with zero attached hydrogens (tertiary/aromatic N) is 2. The summed E-state index contributed by atoms with van der Waals surface area (Å²) in [6.07, 6.45) is 5.72. The lowest BCUT2D eigenvalue weighted by molar-refractivity contribution is 0.0571. The number of hydrogen-bond acceptors (Lipinski definition) is 2. The van der Waals surface area contributed by atoms with Crippen molar-refractivity contribution in [3.05, 3.63) is 77.7 Å². The second kappa shape index (κ2) is 6.89. The maximum absolute atomic E-state index is 13.3. The Morgan fingerprint density at radius 2 is 1.79 bits per heavy atom. The quantitative estimate of drug-likeness (QED) is 0.717. The predicted molar refractivity (Wildman–Crippen MR) is 105 cm³/mol. The fraction of sp³-hybridized carbons (Fsp3) is 0.304. The zero-order valence-corrected chi connectivity index (χ0v) is 15.5. The lowest BCUT2D eigenvalue weighted by atomic mass is 9.84. The molecule has 2 aromatic carbocycles. The summed E-state index contributed by atoms with van der Waals surface area (Å²) < 4.78 is 13.3. The van der Waals surface area contributed by atoms with Crippen LogP contribution in [-0.2, 0) is 0 Å². The molecular formula is C23H22FN3O. The second-order valence-electron chi connectivity index (χ2n) is 7.87. The average Bonchev–Trinajstić information content (AvgIpc) is 3.35. The molecule has 142 valence electrons. The number of amides is 1. The van der Waals surface area contributed by atoms with Crippen LogP contribution in [0, 0.1) is 5.82 Å². The Morgan fingerprint density at radius 1 is 1.04 bits per heavy atom. The lowest BCUT2D eigenvalue weighted by Crippen LogP contribution is -2.46. The van der Waals surface area contributed by atoms with Crippen molar-refractivity contribution in [2.45, 2.75) is 43.7 Å². The summed E-state index contributed by atoms with van der Waals surface area (Å²) in [7, 11) is 0. The first-order valence-electron chi connectivity index (χ1n) is 9.87. The van der Waals surface area contributed by atoms with Gasteiger partial charge >= 0.3 is 0 Å². The van der Waals surface area contributed by atoms with Crippen LogP contribution < -0.4 is 0 Å². The van der Waals surface area contributed by atoms with Crippen molar-refractivity contribution in [1.82, 2.24) is 15.1 Å². The Balaban J connectivity index is 1.37. The third-order valence-corrected chi connectivity index (χ3v) is 6.23. The zero-order valence-electron chi connectivity index (χ0n) is 15.5. The van der Waals surface area contributed by atoms with E-state index in [1.807, 2.05) is 42.5 Å². The minimum Gasteiger partial charge on any atom is -0.333 e. The lowest BCUT2D eigenvalue weighted by Gasteiger charge is -2.39. The van der Waals surface area contributed by atoms with E-state index in [2.05, 4.69) is 15.1 Å². The molecule has 28 heavy (non-hydrogen) atoms. The number of rotatable bonds is 3.